The van der Waals surface area contributed by atoms with Crippen molar-refractivity contribution in [1.82, 2.24) is 9.78 Å². The van der Waals surface area contributed by atoms with Crippen LogP contribution in [0.15, 0.2) is 89.5 Å². The fourth-order valence-electron chi connectivity index (χ4n) is 3.53. The number of carbonyl (C=O) groups is 1. The molecule has 5 rings (SSSR count). The number of aromatic nitrogens is 2. The standard InChI is InChI=1S/C26H19ClFN3O3/c27-22-6-3-7-23(28)21(22)15-31-13-12-25(30-31)29-26(32)24-11-10-20(34-24)16-33-19-9-8-17-4-1-2-5-18(17)14-19/h1-14H,15-16H2,(H,29,30,32). The number of fused-ring (bicyclic) bond motifs is 1. The molecule has 0 unspecified atom stereocenters. The van der Waals surface area contributed by atoms with E-state index in [-0.39, 0.29) is 18.9 Å². The number of carbonyl (C=O) groups excluding carboxylic acids is 1. The van der Waals surface area contributed by atoms with Gasteiger partial charge in [0.2, 0.25) is 0 Å². The lowest BCUT2D eigenvalue weighted by Gasteiger charge is -2.06. The Morgan fingerprint density at radius 3 is 2.74 bits per heavy atom. The van der Waals surface area contributed by atoms with Crippen LogP contribution in [0.2, 0.25) is 5.02 Å². The summed E-state index contributed by atoms with van der Waals surface area (Å²) < 4.78 is 26.9. The van der Waals surface area contributed by atoms with Gasteiger partial charge in [0.1, 0.15) is 23.9 Å². The number of anilines is 1. The Labute approximate surface area is 199 Å². The van der Waals surface area contributed by atoms with E-state index in [1.165, 1.54) is 10.7 Å². The maximum absolute atomic E-state index is 14.0. The Morgan fingerprint density at radius 2 is 1.88 bits per heavy atom. The molecule has 0 aliphatic carbocycles. The van der Waals surface area contributed by atoms with E-state index in [1.807, 2.05) is 42.5 Å². The van der Waals surface area contributed by atoms with Gasteiger partial charge in [-0.05, 0) is 47.2 Å². The molecule has 0 spiro atoms. The van der Waals surface area contributed by atoms with Gasteiger partial charge < -0.3 is 14.5 Å². The number of hydrogen-bond acceptors (Lipinski definition) is 4. The topological polar surface area (TPSA) is 69.3 Å². The molecule has 0 radical (unpaired) electrons. The Balaban J connectivity index is 1.19. The fourth-order valence-corrected chi connectivity index (χ4v) is 3.75. The predicted octanol–water partition coefficient (Wildman–Crippen LogP) is 6.30. The molecule has 0 saturated heterocycles. The molecular weight excluding hydrogens is 457 g/mol. The first-order valence-corrected chi connectivity index (χ1v) is 10.9. The number of ether oxygens (including phenoxy) is 1. The zero-order valence-corrected chi connectivity index (χ0v) is 18.6. The van der Waals surface area contributed by atoms with E-state index in [4.69, 9.17) is 20.8 Å². The molecule has 34 heavy (non-hydrogen) atoms. The Hall–Kier alpha value is -4.10. The molecule has 0 fully saturated rings. The SMILES string of the molecule is O=C(Nc1ccn(Cc2c(F)cccc2Cl)n1)c1ccc(COc2ccc3ccccc3c2)o1. The summed E-state index contributed by atoms with van der Waals surface area (Å²) in [6.07, 6.45) is 1.63. The van der Waals surface area contributed by atoms with Crippen LogP contribution in [0, 0.1) is 5.82 Å². The smallest absolute Gasteiger partial charge is 0.292 e. The molecule has 170 valence electrons. The molecule has 2 aromatic heterocycles. The molecule has 0 aliphatic rings. The second-order valence-corrected chi connectivity index (χ2v) is 8.02. The zero-order chi connectivity index (χ0) is 23.5. The number of nitrogens with one attached hydrogen (secondary N) is 1. The van der Waals surface area contributed by atoms with Crippen LogP contribution in [-0.2, 0) is 13.2 Å². The third kappa shape index (κ3) is 4.79. The molecule has 8 heteroatoms. The molecule has 5 aromatic rings. The summed E-state index contributed by atoms with van der Waals surface area (Å²) in [5.74, 6) is 0.792. The van der Waals surface area contributed by atoms with Crippen molar-refractivity contribution in [3.05, 3.63) is 113 Å². The lowest BCUT2D eigenvalue weighted by atomic mass is 10.1. The van der Waals surface area contributed by atoms with E-state index in [0.29, 0.717) is 27.9 Å². The highest BCUT2D eigenvalue weighted by Crippen LogP contribution is 2.23. The van der Waals surface area contributed by atoms with E-state index in [1.54, 1.807) is 36.5 Å². The molecule has 1 amide bonds. The monoisotopic (exact) mass is 475 g/mol. The van der Waals surface area contributed by atoms with Crippen molar-refractivity contribution in [2.45, 2.75) is 13.2 Å². The minimum atomic E-state index is -0.453. The first-order chi connectivity index (χ1) is 16.5. The summed E-state index contributed by atoms with van der Waals surface area (Å²) in [6, 6.07) is 23.2. The lowest BCUT2D eigenvalue weighted by Crippen LogP contribution is -2.12. The molecule has 0 saturated carbocycles. The van der Waals surface area contributed by atoms with Gasteiger partial charge in [0.25, 0.3) is 5.91 Å². The number of amides is 1. The van der Waals surface area contributed by atoms with Crippen molar-refractivity contribution in [2.75, 3.05) is 5.32 Å². The maximum Gasteiger partial charge on any atom is 0.292 e. The van der Waals surface area contributed by atoms with Gasteiger partial charge in [-0.1, -0.05) is 48.0 Å². The fraction of sp³-hybridized carbons (Fsp3) is 0.0769. The van der Waals surface area contributed by atoms with Crippen LogP contribution in [0.5, 0.6) is 5.75 Å². The van der Waals surface area contributed by atoms with Crippen LogP contribution in [0.3, 0.4) is 0 Å². The van der Waals surface area contributed by atoms with Crippen molar-refractivity contribution in [2.24, 2.45) is 0 Å². The minimum absolute atomic E-state index is 0.129. The first-order valence-electron chi connectivity index (χ1n) is 10.5. The molecule has 3 aromatic carbocycles. The van der Waals surface area contributed by atoms with Gasteiger partial charge in [-0.15, -0.1) is 0 Å². The van der Waals surface area contributed by atoms with Gasteiger partial charge in [-0.3, -0.25) is 9.48 Å². The first kappa shape index (κ1) is 21.7. The van der Waals surface area contributed by atoms with Gasteiger partial charge in [-0.2, -0.15) is 5.10 Å². The van der Waals surface area contributed by atoms with Crippen molar-refractivity contribution in [3.63, 3.8) is 0 Å². The third-order valence-electron chi connectivity index (χ3n) is 5.25. The van der Waals surface area contributed by atoms with E-state index in [0.717, 1.165) is 10.8 Å². The Bertz CT molecular complexity index is 1460. The van der Waals surface area contributed by atoms with Gasteiger partial charge >= 0.3 is 0 Å². The quantitative estimate of drug-likeness (QED) is 0.300. The normalized spacial score (nSPS) is 11.0. The van der Waals surface area contributed by atoms with E-state index in [2.05, 4.69) is 10.4 Å². The number of rotatable bonds is 7. The van der Waals surface area contributed by atoms with E-state index in [9.17, 15) is 9.18 Å². The van der Waals surface area contributed by atoms with Gasteiger partial charge in [0.05, 0.1) is 6.54 Å². The third-order valence-corrected chi connectivity index (χ3v) is 5.61. The van der Waals surface area contributed by atoms with Gasteiger partial charge in [0.15, 0.2) is 11.6 Å². The molecular formula is C26H19ClFN3O3. The van der Waals surface area contributed by atoms with E-state index < -0.39 is 11.7 Å². The van der Waals surface area contributed by atoms with Gasteiger partial charge in [-0.25, -0.2) is 4.39 Å². The molecule has 0 atom stereocenters. The summed E-state index contributed by atoms with van der Waals surface area (Å²) in [5.41, 5.74) is 0.326. The van der Waals surface area contributed by atoms with Crippen LogP contribution >= 0.6 is 11.6 Å². The Morgan fingerprint density at radius 1 is 1.03 bits per heavy atom. The second-order valence-electron chi connectivity index (χ2n) is 7.62. The predicted molar refractivity (Wildman–Crippen MR) is 128 cm³/mol. The largest absolute Gasteiger partial charge is 0.486 e. The lowest BCUT2D eigenvalue weighted by molar-refractivity contribution is 0.0992. The van der Waals surface area contributed by atoms with Crippen LogP contribution in [0.1, 0.15) is 21.9 Å². The maximum atomic E-state index is 14.0. The molecule has 1 N–H and O–H groups in total. The number of nitrogens with zero attached hydrogens (tertiary/aromatic N) is 2. The Kier molecular flexibility index (Phi) is 6.01. The van der Waals surface area contributed by atoms with Crippen LogP contribution in [0.4, 0.5) is 10.2 Å². The molecule has 2 heterocycles. The average Bonchev–Trinajstić information content (AvgIpc) is 3.50. The molecule has 0 bridgehead atoms. The van der Waals surface area contributed by atoms with Crippen LogP contribution in [-0.4, -0.2) is 15.7 Å². The number of halogens is 2. The van der Waals surface area contributed by atoms with Crippen molar-refractivity contribution in [1.29, 1.82) is 0 Å². The minimum Gasteiger partial charge on any atom is -0.486 e. The van der Waals surface area contributed by atoms with Crippen LogP contribution < -0.4 is 10.1 Å². The van der Waals surface area contributed by atoms with E-state index >= 15 is 0 Å². The van der Waals surface area contributed by atoms with Gasteiger partial charge in [0, 0.05) is 22.8 Å². The highest BCUT2D eigenvalue weighted by molar-refractivity contribution is 6.31. The number of hydrogen-bond donors (Lipinski definition) is 1. The van der Waals surface area contributed by atoms with Crippen molar-refractivity contribution < 1.29 is 18.3 Å². The highest BCUT2D eigenvalue weighted by Gasteiger charge is 2.14. The van der Waals surface area contributed by atoms with Crippen molar-refractivity contribution >= 4 is 34.1 Å². The van der Waals surface area contributed by atoms with Crippen molar-refractivity contribution in [3.8, 4) is 5.75 Å². The second kappa shape index (κ2) is 9.41. The van der Waals surface area contributed by atoms with Crippen LogP contribution in [0.25, 0.3) is 10.8 Å². The summed E-state index contributed by atoms with van der Waals surface area (Å²) in [5, 5.41) is 9.45. The molecule has 6 nitrogen and oxygen atoms in total. The molecule has 0 aliphatic heterocycles. The summed E-state index contributed by atoms with van der Waals surface area (Å²) in [6.45, 7) is 0.321. The zero-order valence-electron chi connectivity index (χ0n) is 17.9. The summed E-state index contributed by atoms with van der Waals surface area (Å²) >= 11 is 6.07. The number of furan rings is 1. The number of benzene rings is 3. The highest BCUT2D eigenvalue weighted by atomic mass is 35.5. The average molecular weight is 476 g/mol. The summed E-state index contributed by atoms with van der Waals surface area (Å²) in [7, 11) is 0. The summed E-state index contributed by atoms with van der Waals surface area (Å²) in [4.78, 5) is 12.5.